The number of imidazole rings is 1. The van der Waals surface area contributed by atoms with Crippen LogP contribution in [0.3, 0.4) is 0 Å². The number of benzene rings is 3. The molecule has 2 heterocycles. The molecule has 2 amide bonds. The molecule has 42 heavy (non-hydrogen) atoms. The number of amides is 2. The van der Waals surface area contributed by atoms with Crippen molar-refractivity contribution in [1.82, 2.24) is 20.2 Å². The van der Waals surface area contributed by atoms with Gasteiger partial charge in [-0.1, -0.05) is 24.3 Å². The molecule has 1 aromatic heterocycles. The Balaban J connectivity index is 1.29. The van der Waals surface area contributed by atoms with E-state index in [0.29, 0.717) is 58.0 Å². The van der Waals surface area contributed by atoms with Crippen LogP contribution in [-0.2, 0) is 16.6 Å². The van der Waals surface area contributed by atoms with Crippen LogP contribution in [0.1, 0.15) is 41.8 Å². The number of nitrogens with zero attached hydrogens (tertiary/aromatic N) is 3. The lowest BCUT2D eigenvalue weighted by Gasteiger charge is -2.37. The number of carbonyl (C=O) groups excluding carboxylic acids is 2. The summed E-state index contributed by atoms with van der Waals surface area (Å²) in [7, 11) is 3.21. The van der Waals surface area contributed by atoms with Crippen LogP contribution >= 0.6 is 0 Å². The summed E-state index contributed by atoms with van der Waals surface area (Å²) in [4.78, 5) is 47.2. The zero-order chi connectivity index (χ0) is 30.0. The van der Waals surface area contributed by atoms with E-state index in [2.05, 4.69) is 15.3 Å². The maximum absolute atomic E-state index is 13.8. The molecular weight excluding hydrogens is 538 g/mol. The van der Waals surface area contributed by atoms with E-state index in [0.717, 1.165) is 18.5 Å². The Kier molecular flexibility index (Phi) is 7.95. The normalized spacial score (nSPS) is 14.2. The Morgan fingerprint density at radius 2 is 1.81 bits per heavy atom. The topological polar surface area (TPSA) is 140 Å². The van der Waals surface area contributed by atoms with Gasteiger partial charge in [-0.3, -0.25) is 24.6 Å². The highest BCUT2D eigenvalue weighted by molar-refractivity contribution is 6.18. The summed E-state index contributed by atoms with van der Waals surface area (Å²) in [6, 6.07) is 15.5. The first kappa shape index (κ1) is 28.7. The molecule has 0 radical (unpaired) electrons. The van der Waals surface area contributed by atoms with E-state index in [9.17, 15) is 19.7 Å². The van der Waals surface area contributed by atoms with E-state index in [1.165, 1.54) is 17.0 Å². The smallest absolute Gasteiger partial charge is 0.270 e. The summed E-state index contributed by atoms with van der Waals surface area (Å²) < 4.78 is 10.7. The van der Waals surface area contributed by atoms with E-state index >= 15 is 0 Å². The summed E-state index contributed by atoms with van der Waals surface area (Å²) >= 11 is 0. The second kappa shape index (κ2) is 11.6. The molecule has 3 aromatic carbocycles. The van der Waals surface area contributed by atoms with Gasteiger partial charge >= 0.3 is 0 Å². The van der Waals surface area contributed by atoms with E-state index in [4.69, 9.17) is 9.47 Å². The van der Waals surface area contributed by atoms with Crippen LogP contribution in [0, 0.1) is 10.1 Å². The number of non-ortho nitro benzene ring substituents is 1. The maximum atomic E-state index is 13.8. The molecule has 0 aliphatic carbocycles. The average molecular weight is 572 g/mol. The number of aromatic nitrogens is 2. The number of fused-ring (bicyclic) bond motifs is 3. The van der Waals surface area contributed by atoms with Crippen molar-refractivity contribution in [3.8, 4) is 22.9 Å². The van der Waals surface area contributed by atoms with Gasteiger partial charge < -0.3 is 19.8 Å². The monoisotopic (exact) mass is 571 g/mol. The Bertz CT molecular complexity index is 1680. The van der Waals surface area contributed by atoms with Crippen molar-refractivity contribution < 1.29 is 24.0 Å². The molecule has 1 aliphatic rings. The molecule has 0 atom stereocenters. The van der Waals surface area contributed by atoms with Crippen molar-refractivity contribution in [2.75, 3.05) is 33.9 Å². The number of carbonyl (C=O) groups is 2. The SMILES string of the molecule is COc1ccc(CCNCCCN2C(=O)c3c(ccc4nc(-c5cccc([N+](=O)[O-])c5)[nH]c34)C(C)(C)C2=O)cc1OC. The molecule has 4 aromatic rings. The largest absolute Gasteiger partial charge is 0.493 e. The number of nitro benzene ring substituents is 1. The molecule has 0 fully saturated rings. The maximum Gasteiger partial charge on any atom is 0.270 e. The van der Waals surface area contributed by atoms with Gasteiger partial charge in [-0.2, -0.15) is 0 Å². The summed E-state index contributed by atoms with van der Waals surface area (Å²) in [6.45, 7) is 5.26. The predicted molar refractivity (Wildman–Crippen MR) is 158 cm³/mol. The van der Waals surface area contributed by atoms with Crippen LogP contribution in [0.5, 0.6) is 11.5 Å². The molecule has 218 valence electrons. The third-order valence-corrected chi connectivity index (χ3v) is 7.68. The number of hydrogen-bond donors (Lipinski definition) is 2. The highest BCUT2D eigenvalue weighted by atomic mass is 16.6. The van der Waals surface area contributed by atoms with E-state index in [1.54, 1.807) is 38.5 Å². The van der Waals surface area contributed by atoms with Crippen LogP contribution < -0.4 is 14.8 Å². The molecule has 0 unspecified atom stereocenters. The van der Waals surface area contributed by atoms with Crippen molar-refractivity contribution in [3.63, 3.8) is 0 Å². The van der Waals surface area contributed by atoms with Crippen LogP contribution in [0.4, 0.5) is 5.69 Å². The molecule has 0 spiro atoms. The summed E-state index contributed by atoms with van der Waals surface area (Å²) in [6.07, 6.45) is 1.37. The first-order valence-electron chi connectivity index (χ1n) is 13.7. The Morgan fingerprint density at radius 3 is 2.55 bits per heavy atom. The van der Waals surface area contributed by atoms with Gasteiger partial charge in [0, 0.05) is 24.2 Å². The van der Waals surface area contributed by atoms with Gasteiger partial charge in [0.05, 0.1) is 41.2 Å². The van der Waals surface area contributed by atoms with Crippen LogP contribution in [0.25, 0.3) is 22.4 Å². The number of aromatic amines is 1. The van der Waals surface area contributed by atoms with Gasteiger partial charge in [-0.25, -0.2) is 4.98 Å². The standard InChI is InChI=1S/C31H33N5O6/c1-31(2)22-10-11-23-27(34-28(33-23)20-7-5-8-21(18-20)36(39)40)26(22)29(37)35(30(31)38)16-6-14-32-15-13-19-9-12-24(41-3)25(17-19)42-4/h5,7-12,17-18,32H,6,13-16H2,1-4H3,(H,33,34). The van der Waals surface area contributed by atoms with Gasteiger partial charge in [0.25, 0.3) is 11.6 Å². The molecule has 2 N–H and O–H groups in total. The Morgan fingerprint density at radius 1 is 1.02 bits per heavy atom. The third-order valence-electron chi connectivity index (χ3n) is 7.68. The molecular formula is C31H33N5O6. The number of ether oxygens (including phenoxy) is 2. The predicted octanol–water partition coefficient (Wildman–Crippen LogP) is 4.64. The second-order valence-electron chi connectivity index (χ2n) is 10.7. The second-order valence-corrected chi connectivity index (χ2v) is 10.7. The summed E-state index contributed by atoms with van der Waals surface area (Å²) in [5, 5.41) is 14.7. The molecule has 1 aliphatic heterocycles. The van der Waals surface area contributed by atoms with Crippen LogP contribution in [-0.4, -0.2) is 65.5 Å². The number of methoxy groups -OCH3 is 2. The van der Waals surface area contributed by atoms with Gasteiger partial charge in [-0.15, -0.1) is 0 Å². The molecule has 0 saturated carbocycles. The quantitative estimate of drug-likeness (QED) is 0.115. The zero-order valence-corrected chi connectivity index (χ0v) is 24.0. The lowest BCUT2D eigenvalue weighted by molar-refractivity contribution is -0.384. The van der Waals surface area contributed by atoms with Gasteiger partial charge in [0.15, 0.2) is 11.5 Å². The van der Waals surface area contributed by atoms with Crippen molar-refractivity contribution in [2.24, 2.45) is 0 Å². The summed E-state index contributed by atoms with van der Waals surface area (Å²) in [5.41, 5.74) is 2.75. The number of rotatable bonds is 11. The van der Waals surface area contributed by atoms with Crippen molar-refractivity contribution in [2.45, 2.75) is 32.1 Å². The van der Waals surface area contributed by atoms with Crippen molar-refractivity contribution in [1.29, 1.82) is 0 Å². The minimum atomic E-state index is -0.922. The highest BCUT2D eigenvalue weighted by Crippen LogP contribution is 2.38. The number of nitro groups is 1. The molecule has 0 bridgehead atoms. The Labute approximate surface area is 243 Å². The van der Waals surface area contributed by atoms with Crippen molar-refractivity contribution in [3.05, 3.63) is 81.4 Å². The fourth-order valence-electron chi connectivity index (χ4n) is 5.36. The molecule has 5 rings (SSSR count). The molecule has 0 saturated heterocycles. The van der Waals surface area contributed by atoms with Crippen LogP contribution in [0.2, 0.25) is 0 Å². The Hall–Kier alpha value is -4.77. The third kappa shape index (κ3) is 5.30. The number of H-pyrrole nitrogens is 1. The minimum absolute atomic E-state index is 0.0544. The van der Waals surface area contributed by atoms with Gasteiger partial charge in [0.1, 0.15) is 5.82 Å². The molecule has 11 heteroatoms. The van der Waals surface area contributed by atoms with Gasteiger partial charge in [-0.05, 0) is 69.1 Å². The first-order valence-corrected chi connectivity index (χ1v) is 13.7. The molecule has 11 nitrogen and oxygen atoms in total. The lowest BCUT2D eigenvalue weighted by Crippen LogP contribution is -2.52. The average Bonchev–Trinajstić information content (AvgIpc) is 3.43. The summed E-state index contributed by atoms with van der Waals surface area (Å²) in [5.74, 6) is 1.16. The van der Waals surface area contributed by atoms with Gasteiger partial charge in [0.2, 0.25) is 5.91 Å². The van der Waals surface area contributed by atoms with Crippen LogP contribution in [0.15, 0.2) is 54.6 Å². The highest BCUT2D eigenvalue weighted by Gasteiger charge is 2.45. The fraction of sp³-hybridized carbons (Fsp3) is 0.323. The number of nitrogens with one attached hydrogen (secondary N) is 2. The fourth-order valence-corrected chi connectivity index (χ4v) is 5.36. The number of imide groups is 1. The number of hydrogen-bond acceptors (Lipinski definition) is 8. The van der Waals surface area contributed by atoms with Crippen molar-refractivity contribution >= 4 is 28.5 Å². The lowest BCUT2D eigenvalue weighted by atomic mass is 9.76. The zero-order valence-electron chi connectivity index (χ0n) is 24.0. The van der Waals surface area contributed by atoms with E-state index < -0.39 is 10.3 Å². The first-order chi connectivity index (χ1) is 20.1. The minimum Gasteiger partial charge on any atom is -0.493 e. The van der Waals surface area contributed by atoms with E-state index in [1.807, 2.05) is 32.0 Å². The van der Waals surface area contributed by atoms with E-state index in [-0.39, 0.29) is 24.0 Å².